The van der Waals surface area contributed by atoms with Crippen molar-refractivity contribution in [3.8, 4) is 0 Å². The standard InChI is InChI=1S/C20H19Cl2NO.C20H13Cl2NO.C15H8Cl2O.C14H6Cl2O2.C14H8Cl2.C2H4Cl2O/c2*21-16-7-3-5-12-14(16)11-15-13(6-4-8-17(15)22)19(12)20(24)18-9-1-2-10-23-18;16-14-5-1-3-9-11(14)7-12-10(13(9)8-18)4-2-6-15(12)17;15-9-5-1-3-7-11(9)14(18)12-8(13(7)17)4-2-6-10(12)16;15-13-5-1-3-9-7-10-4-2-6-14(16)12(10)8-11(9)13;1-5-2(3)4/h3-8,11,18,20,23-24H,1-2,9-10H2;1-11,20,24H;1-8H;1-6H;1-8H;2H,1H3. The van der Waals surface area contributed by atoms with Crippen LogP contribution >= 0.6 is 139 Å². The summed E-state index contributed by atoms with van der Waals surface area (Å²) in [5, 5.41) is 46.1. The fraction of sp³-hybridized carbons (Fsp3) is 0.106. The van der Waals surface area contributed by atoms with Crippen molar-refractivity contribution in [1.29, 1.82) is 0 Å². The zero-order chi connectivity index (χ0) is 74.3. The number of rotatable bonds is 6. The number of methoxy groups -OCH3 is 1. The number of carbonyl (C=O) groups excluding carboxylic acids is 3. The first-order chi connectivity index (χ1) is 50.7. The first kappa shape index (κ1) is 77.3. The van der Waals surface area contributed by atoms with Gasteiger partial charge in [0.2, 0.25) is 5.02 Å². The number of benzene rings is 14. The molecule has 0 bridgehead atoms. The number of aldehydes is 1. The largest absolute Gasteiger partial charge is 0.387 e. The van der Waals surface area contributed by atoms with Crippen molar-refractivity contribution in [2.75, 3.05) is 13.7 Å². The minimum Gasteiger partial charge on any atom is -0.387 e. The highest BCUT2D eigenvalue weighted by Gasteiger charge is 2.33. The lowest BCUT2D eigenvalue weighted by Gasteiger charge is -2.30. The summed E-state index contributed by atoms with van der Waals surface area (Å²) in [7, 11) is 1.44. The van der Waals surface area contributed by atoms with Crippen molar-refractivity contribution >= 4 is 243 Å². The Morgan fingerprint density at radius 2 is 0.762 bits per heavy atom. The molecule has 105 heavy (non-hydrogen) atoms. The van der Waals surface area contributed by atoms with E-state index in [9.17, 15) is 24.6 Å². The number of aliphatic hydroxyl groups is 2. The molecule has 1 aromatic heterocycles. The van der Waals surface area contributed by atoms with Gasteiger partial charge in [-0.2, -0.15) is 0 Å². The molecule has 0 amide bonds. The number of hydrogen-bond donors (Lipinski definition) is 3. The second-order valence-electron chi connectivity index (χ2n) is 24.4. The summed E-state index contributed by atoms with van der Waals surface area (Å²) in [5.41, 5.74) is 4.07. The van der Waals surface area contributed by atoms with Crippen molar-refractivity contribution in [3.63, 3.8) is 0 Å². The number of nitrogens with zero attached hydrogens (tertiary/aromatic N) is 1. The number of ether oxygens (including phenoxy) is 1. The van der Waals surface area contributed by atoms with Crippen LogP contribution in [0.2, 0.25) is 50.2 Å². The van der Waals surface area contributed by atoms with E-state index in [4.69, 9.17) is 139 Å². The number of ketones is 2. The Balaban J connectivity index is 0.000000122. The van der Waals surface area contributed by atoms with E-state index in [0.717, 1.165) is 139 Å². The molecule has 0 radical (unpaired) electrons. The first-order valence-electron chi connectivity index (χ1n) is 32.8. The topological polar surface area (TPSA) is 126 Å². The predicted octanol–water partition coefficient (Wildman–Crippen LogP) is 26.8. The third-order valence-electron chi connectivity index (χ3n) is 18.2. The summed E-state index contributed by atoms with van der Waals surface area (Å²) in [6, 6.07) is 71.3. The van der Waals surface area contributed by atoms with Crippen LogP contribution in [0.15, 0.2) is 237 Å². The lowest BCUT2D eigenvalue weighted by Crippen LogP contribution is -2.38. The van der Waals surface area contributed by atoms with Gasteiger partial charge in [-0.05, 0) is 171 Å². The molecule has 1 fully saturated rings. The van der Waals surface area contributed by atoms with E-state index in [0.29, 0.717) is 52.5 Å². The maximum absolute atomic E-state index is 12.4. The number of nitrogens with one attached hydrogen (secondary N) is 1. The molecule has 2 heterocycles. The molecule has 1 saturated heterocycles. The third-order valence-corrected chi connectivity index (χ3v) is 21.9. The summed E-state index contributed by atoms with van der Waals surface area (Å²) >= 11 is 72.4. The van der Waals surface area contributed by atoms with E-state index in [1.54, 1.807) is 54.7 Å². The second-order valence-corrected chi connectivity index (χ2v) is 29.5. The van der Waals surface area contributed by atoms with Gasteiger partial charge in [-0.1, -0.05) is 273 Å². The Bertz CT molecular complexity index is 5550. The molecule has 3 N–H and O–H groups in total. The maximum atomic E-state index is 12.4. The average Bonchev–Trinajstić information content (AvgIpc) is 0.766. The second kappa shape index (κ2) is 34.7. The van der Waals surface area contributed by atoms with Gasteiger partial charge in [0.25, 0.3) is 0 Å². The summed E-state index contributed by atoms with van der Waals surface area (Å²) in [4.78, 5) is 40.3. The number of fused-ring (bicyclic) bond motifs is 10. The molecule has 15 aromatic rings. The van der Waals surface area contributed by atoms with Crippen LogP contribution in [0.3, 0.4) is 0 Å². The average molecular weight is 1630 g/mol. The van der Waals surface area contributed by atoms with Gasteiger partial charge in [0.1, 0.15) is 6.10 Å². The molecule has 8 nitrogen and oxygen atoms in total. The van der Waals surface area contributed by atoms with Gasteiger partial charge in [-0.25, -0.2) is 0 Å². The van der Waals surface area contributed by atoms with Gasteiger partial charge in [-0.3, -0.25) is 19.4 Å². The zero-order valence-corrected chi connectivity index (χ0v) is 64.3. The van der Waals surface area contributed by atoms with E-state index < -0.39 is 17.2 Å². The van der Waals surface area contributed by atoms with Gasteiger partial charge in [0.05, 0.1) is 33.0 Å². The third kappa shape index (κ3) is 16.6. The Kier molecular flexibility index (Phi) is 25.5. The monoisotopic (exact) mass is 1620 g/mol. The molecule has 3 unspecified atom stereocenters. The molecule has 528 valence electrons. The highest BCUT2D eigenvalue weighted by molar-refractivity contribution is 6.45. The van der Waals surface area contributed by atoms with Crippen LogP contribution in [0.1, 0.15) is 90.5 Å². The van der Waals surface area contributed by atoms with Crippen molar-refractivity contribution in [2.45, 2.75) is 42.5 Å². The Hall–Kier alpha value is -7.36. The summed E-state index contributed by atoms with van der Waals surface area (Å²) in [5.74, 6) is -0.514. The van der Waals surface area contributed by atoms with Crippen LogP contribution in [0.25, 0.3) is 86.2 Å². The van der Waals surface area contributed by atoms with Gasteiger partial charge >= 0.3 is 0 Å². The molecular weight excluding hydrogens is 1570 g/mol. The Morgan fingerprint density at radius 3 is 1.13 bits per heavy atom. The van der Waals surface area contributed by atoms with Crippen LogP contribution in [0, 0.1) is 0 Å². The van der Waals surface area contributed by atoms with Crippen LogP contribution in [0.4, 0.5) is 0 Å². The molecule has 0 spiro atoms. The van der Waals surface area contributed by atoms with Crippen LogP contribution in [-0.4, -0.2) is 57.8 Å². The molecular formula is C85H58Cl12N2O6. The zero-order valence-electron chi connectivity index (χ0n) is 55.2. The van der Waals surface area contributed by atoms with Gasteiger partial charge in [0.15, 0.2) is 17.9 Å². The fourth-order valence-corrected chi connectivity index (χ4v) is 15.7. The summed E-state index contributed by atoms with van der Waals surface area (Å²) in [6.45, 7) is 0.950. The smallest absolute Gasteiger partial charge is 0.206 e. The fourth-order valence-electron chi connectivity index (χ4n) is 13.3. The maximum Gasteiger partial charge on any atom is 0.206 e. The number of aromatic nitrogens is 1. The SMILES string of the molecule is COC(Cl)Cl.Clc1cccc2cc3cccc(Cl)c3cc12.O=C1c2cccc(Cl)c2C(=O)c2c(Cl)cccc21.O=Cc1c2cccc(Cl)c2cc2c(Cl)cccc12.OC(c1c2cccc(Cl)c2cc2c(Cl)cccc12)C1CCCCN1.OC(c1ccccn1)c1c2cccc(Cl)c2cc2c(Cl)cccc12. The van der Waals surface area contributed by atoms with Crippen LogP contribution in [0.5, 0.6) is 0 Å². The van der Waals surface area contributed by atoms with E-state index in [2.05, 4.69) is 39.3 Å². The molecule has 3 atom stereocenters. The lowest BCUT2D eigenvalue weighted by atomic mass is 9.84. The first-order valence-corrected chi connectivity index (χ1v) is 37.4. The normalized spacial score (nSPS) is 13.7. The van der Waals surface area contributed by atoms with Crippen LogP contribution in [-0.2, 0) is 4.74 Å². The minimum atomic E-state index is -0.866. The van der Waals surface area contributed by atoms with Crippen molar-refractivity contribution in [1.82, 2.24) is 10.3 Å². The number of aliphatic hydroxyl groups excluding tert-OH is 2. The van der Waals surface area contributed by atoms with Gasteiger partial charge < -0.3 is 20.3 Å². The summed E-state index contributed by atoms with van der Waals surface area (Å²) in [6.07, 6.45) is 4.35. The Morgan fingerprint density at radius 1 is 0.410 bits per heavy atom. The van der Waals surface area contributed by atoms with E-state index in [1.807, 2.05) is 158 Å². The molecule has 2 aliphatic rings. The van der Waals surface area contributed by atoms with Crippen LogP contribution < -0.4 is 5.32 Å². The van der Waals surface area contributed by atoms with Crippen molar-refractivity contribution < 1.29 is 29.3 Å². The number of alkyl halides is 2. The number of hydrogen-bond acceptors (Lipinski definition) is 8. The highest BCUT2D eigenvalue weighted by Crippen LogP contribution is 2.44. The van der Waals surface area contributed by atoms with Gasteiger partial charge in [-0.15, -0.1) is 0 Å². The van der Waals surface area contributed by atoms with E-state index in [-0.39, 0.29) is 38.8 Å². The molecule has 17 rings (SSSR count). The highest BCUT2D eigenvalue weighted by atomic mass is 35.5. The lowest BCUT2D eigenvalue weighted by molar-refractivity contribution is 0.0979. The van der Waals surface area contributed by atoms with Crippen molar-refractivity contribution in [3.05, 3.63) is 332 Å². The number of halogens is 12. The number of carbonyl (C=O) groups is 3. The molecule has 1 aliphatic carbocycles. The Labute approximate surface area is 664 Å². The van der Waals surface area contributed by atoms with Crippen molar-refractivity contribution in [2.24, 2.45) is 0 Å². The van der Waals surface area contributed by atoms with E-state index in [1.165, 1.54) is 7.11 Å². The number of piperidine rings is 1. The predicted molar refractivity (Wildman–Crippen MR) is 442 cm³/mol. The number of pyridine rings is 1. The summed E-state index contributed by atoms with van der Waals surface area (Å²) < 4.78 is 4.28. The van der Waals surface area contributed by atoms with Gasteiger partial charge in [0, 0.05) is 125 Å². The minimum absolute atomic E-state index is 0.0607. The molecule has 1 aliphatic heterocycles. The molecule has 20 heteroatoms. The van der Waals surface area contributed by atoms with E-state index >= 15 is 0 Å². The quantitative estimate of drug-likeness (QED) is 0.0854. The molecule has 14 aromatic carbocycles. The molecule has 0 saturated carbocycles.